The van der Waals surface area contributed by atoms with Crippen LogP contribution < -0.4 is 16.4 Å². The van der Waals surface area contributed by atoms with Gasteiger partial charge in [-0.15, -0.1) is 0 Å². The molecule has 0 aromatic heterocycles. The minimum atomic E-state index is 0.531. The second-order valence-corrected chi connectivity index (χ2v) is 5.94. The van der Waals surface area contributed by atoms with Gasteiger partial charge in [-0.1, -0.05) is 6.07 Å². The van der Waals surface area contributed by atoms with Crippen molar-refractivity contribution >= 4 is 17.1 Å². The first-order valence-corrected chi connectivity index (χ1v) is 6.67. The molecular formula is C14H22N4. The number of nitrogens with zero attached hydrogens (tertiary/aromatic N) is 2. The van der Waals surface area contributed by atoms with E-state index in [2.05, 4.69) is 22.9 Å². The van der Waals surface area contributed by atoms with Gasteiger partial charge in [-0.25, -0.2) is 0 Å². The average Bonchev–Trinajstić information content (AvgIpc) is 2.32. The molecule has 4 nitrogen and oxygen atoms in total. The first-order chi connectivity index (χ1) is 8.60. The highest BCUT2D eigenvalue weighted by molar-refractivity contribution is 5.80. The van der Waals surface area contributed by atoms with Crippen molar-refractivity contribution in [2.45, 2.75) is 12.8 Å². The quantitative estimate of drug-likeness (QED) is 0.735. The lowest BCUT2D eigenvalue weighted by Gasteiger charge is -2.55. The number of nitrogens with two attached hydrogens (primary N) is 2. The van der Waals surface area contributed by atoms with Crippen molar-refractivity contribution in [3.05, 3.63) is 18.2 Å². The van der Waals surface area contributed by atoms with Crippen LogP contribution >= 0.6 is 0 Å². The fourth-order valence-electron chi connectivity index (χ4n) is 3.19. The number of benzene rings is 1. The molecule has 18 heavy (non-hydrogen) atoms. The Hall–Kier alpha value is -1.42. The second-order valence-electron chi connectivity index (χ2n) is 5.94. The van der Waals surface area contributed by atoms with Crippen LogP contribution in [0.2, 0.25) is 0 Å². The van der Waals surface area contributed by atoms with Gasteiger partial charge in [-0.3, -0.25) is 0 Å². The molecule has 2 fully saturated rings. The molecule has 2 saturated heterocycles. The summed E-state index contributed by atoms with van der Waals surface area (Å²) in [5, 5.41) is 0. The van der Waals surface area contributed by atoms with Crippen molar-refractivity contribution in [2.24, 2.45) is 5.41 Å². The van der Waals surface area contributed by atoms with Gasteiger partial charge in [0.15, 0.2) is 0 Å². The van der Waals surface area contributed by atoms with Crippen LogP contribution in [0, 0.1) is 5.41 Å². The van der Waals surface area contributed by atoms with Crippen LogP contribution in [0.3, 0.4) is 0 Å². The van der Waals surface area contributed by atoms with Crippen LogP contribution in [0.25, 0.3) is 0 Å². The minimum Gasteiger partial charge on any atom is -0.397 e. The maximum atomic E-state index is 6.06. The molecule has 0 bridgehead atoms. The zero-order valence-electron chi connectivity index (χ0n) is 11.0. The summed E-state index contributed by atoms with van der Waals surface area (Å²) in [5.41, 5.74) is 15.0. The zero-order chi connectivity index (χ0) is 12.8. The van der Waals surface area contributed by atoms with Gasteiger partial charge in [0.1, 0.15) is 0 Å². The van der Waals surface area contributed by atoms with E-state index >= 15 is 0 Å². The van der Waals surface area contributed by atoms with Gasteiger partial charge in [0.25, 0.3) is 0 Å². The number of nitrogen functional groups attached to an aromatic ring is 2. The van der Waals surface area contributed by atoms with Crippen molar-refractivity contribution < 1.29 is 0 Å². The number of hydrogen-bond acceptors (Lipinski definition) is 4. The van der Waals surface area contributed by atoms with Crippen LogP contribution in [0.4, 0.5) is 17.1 Å². The van der Waals surface area contributed by atoms with Gasteiger partial charge in [-0.2, -0.15) is 0 Å². The molecule has 4 heteroatoms. The van der Waals surface area contributed by atoms with Crippen LogP contribution in [0.15, 0.2) is 18.2 Å². The minimum absolute atomic E-state index is 0.531. The molecule has 1 aromatic carbocycles. The third-order valence-electron chi connectivity index (χ3n) is 4.56. The Kier molecular flexibility index (Phi) is 2.63. The average molecular weight is 246 g/mol. The van der Waals surface area contributed by atoms with E-state index in [-0.39, 0.29) is 0 Å². The normalized spacial score (nSPS) is 23.1. The lowest BCUT2D eigenvalue weighted by molar-refractivity contribution is 0.0907. The predicted octanol–water partition coefficient (Wildman–Crippen LogP) is 1.38. The summed E-state index contributed by atoms with van der Waals surface area (Å²) in [4.78, 5) is 4.79. The Labute approximate surface area is 109 Å². The van der Waals surface area contributed by atoms with E-state index in [4.69, 9.17) is 11.5 Å². The monoisotopic (exact) mass is 246 g/mol. The number of likely N-dealkylation sites (tertiary alicyclic amines) is 1. The summed E-state index contributed by atoms with van der Waals surface area (Å²) in [6.45, 7) is 4.71. The number of para-hydroxylation sites is 1. The topological polar surface area (TPSA) is 58.5 Å². The van der Waals surface area contributed by atoms with Crippen molar-refractivity contribution in [1.82, 2.24) is 4.90 Å². The molecule has 0 aliphatic carbocycles. The summed E-state index contributed by atoms with van der Waals surface area (Å²) in [5.74, 6) is 0. The standard InChI is InChI=1S/C14H22N4/c1-17-7-5-14(6-8-17)9-18(10-14)12-4-2-3-11(15)13(12)16/h2-4H,5-10,15-16H2,1H3. The van der Waals surface area contributed by atoms with E-state index in [1.807, 2.05) is 12.1 Å². The van der Waals surface area contributed by atoms with E-state index in [9.17, 15) is 0 Å². The Morgan fingerprint density at radius 1 is 1.11 bits per heavy atom. The summed E-state index contributed by atoms with van der Waals surface area (Å²) >= 11 is 0. The van der Waals surface area contributed by atoms with E-state index in [0.29, 0.717) is 11.1 Å². The molecule has 4 N–H and O–H groups in total. The maximum Gasteiger partial charge on any atom is 0.0785 e. The first kappa shape index (κ1) is 11.7. The van der Waals surface area contributed by atoms with E-state index in [1.54, 1.807) is 0 Å². The molecule has 1 aromatic rings. The summed E-state index contributed by atoms with van der Waals surface area (Å²) in [6, 6.07) is 5.93. The Morgan fingerprint density at radius 2 is 1.78 bits per heavy atom. The molecule has 0 unspecified atom stereocenters. The van der Waals surface area contributed by atoms with Gasteiger partial charge < -0.3 is 21.3 Å². The van der Waals surface area contributed by atoms with Gasteiger partial charge in [0, 0.05) is 18.5 Å². The Morgan fingerprint density at radius 3 is 2.44 bits per heavy atom. The summed E-state index contributed by atoms with van der Waals surface area (Å²) in [6.07, 6.45) is 2.62. The molecule has 98 valence electrons. The second kappa shape index (κ2) is 4.05. The van der Waals surface area contributed by atoms with Crippen molar-refractivity contribution in [2.75, 3.05) is 49.6 Å². The lowest BCUT2D eigenvalue weighted by atomic mass is 9.72. The molecule has 1 spiro atoms. The third kappa shape index (κ3) is 1.81. The smallest absolute Gasteiger partial charge is 0.0785 e. The Balaban J connectivity index is 1.70. The van der Waals surface area contributed by atoms with E-state index < -0.39 is 0 Å². The molecular weight excluding hydrogens is 224 g/mol. The molecule has 2 aliphatic heterocycles. The van der Waals surface area contributed by atoms with Gasteiger partial charge in [0.2, 0.25) is 0 Å². The van der Waals surface area contributed by atoms with Crippen LogP contribution in [-0.4, -0.2) is 38.1 Å². The molecule has 0 amide bonds. The van der Waals surface area contributed by atoms with Crippen LogP contribution in [0.5, 0.6) is 0 Å². The largest absolute Gasteiger partial charge is 0.397 e. The fourth-order valence-corrected chi connectivity index (χ4v) is 3.19. The third-order valence-corrected chi connectivity index (χ3v) is 4.56. The molecule has 2 aliphatic rings. The Bertz CT molecular complexity index is 441. The van der Waals surface area contributed by atoms with Crippen molar-refractivity contribution in [1.29, 1.82) is 0 Å². The number of rotatable bonds is 1. The number of anilines is 3. The van der Waals surface area contributed by atoms with Crippen LogP contribution in [-0.2, 0) is 0 Å². The highest BCUT2D eigenvalue weighted by Crippen LogP contribution is 2.44. The SMILES string of the molecule is CN1CCC2(CC1)CN(c1cccc(N)c1N)C2. The van der Waals surface area contributed by atoms with Crippen molar-refractivity contribution in [3.8, 4) is 0 Å². The molecule has 2 heterocycles. The number of piperidine rings is 1. The van der Waals surface area contributed by atoms with Gasteiger partial charge in [0.05, 0.1) is 17.1 Å². The molecule has 0 saturated carbocycles. The summed E-state index contributed by atoms with van der Waals surface area (Å²) < 4.78 is 0. The zero-order valence-corrected chi connectivity index (χ0v) is 11.0. The highest BCUT2D eigenvalue weighted by Gasteiger charge is 2.44. The summed E-state index contributed by atoms with van der Waals surface area (Å²) in [7, 11) is 2.21. The lowest BCUT2D eigenvalue weighted by Crippen LogP contribution is -2.60. The van der Waals surface area contributed by atoms with Gasteiger partial charge >= 0.3 is 0 Å². The highest BCUT2D eigenvalue weighted by atomic mass is 15.2. The van der Waals surface area contributed by atoms with Crippen molar-refractivity contribution in [3.63, 3.8) is 0 Å². The fraction of sp³-hybridized carbons (Fsp3) is 0.571. The number of hydrogen-bond donors (Lipinski definition) is 2. The first-order valence-electron chi connectivity index (χ1n) is 6.67. The maximum absolute atomic E-state index is 6.06. The molecule has 3 rings (SSSR count). The molecule has 0 atom stereocenters. The van der Waals surface area contributed by atoms with Crippen LogP contribution in [0.1, 0.15) is 12.8 Å². The predicted molar refractivity (Wildman–Crippen MR) is 76.6 cm³/mol. The van der Waals surface area contributed by atoms with E-state index in [1.165, 1.54) is 25.9 Å². The van der Waals surface area contributed by atoms with Gasteiger partial charge in [-0.05, 0) is 45.1 Å². The van der Waals surface area contributed by atoms with E-state index in [0.717, 1.165) is 24.5 Å². The molecule has 0 radical (unpaired) electrons.